The van der Waals surface area contributed by atoms with Crippen LogP contribution in [0.5, 0.6) is 11.5 Å². The van der Waals surface area contributed by atoms with Crippen LogP contribution >= 0.6 is 0 Å². The van der Waals surface area contributed by atoms with E-state index >= 15 is 0 Å². The minimum Gasteiger partial charge on any atom is -0.496 e. The predicted octanol–water partition coefficient (Wildman–Crippen LogP) is 3.91. The van der Waals surface area contributed by atoms with Crippen molar-refractivity contribution >= 4 is 11.2 Å². The maximum atomic E-state index is 9.68. The summed E-state index contributed by atoms with van der Waals surface area (Å²) in [6.45, 7) is 5.99. The van der Waals surface area contributed by atoms with Gasteiger partial charge in [0, 0.05) is 33.4 Å². The third kappa shape index (κ3) is 4.71. The lowest BCUT2D eigenvalue weighted by Gasteiger charge is -2.30. The molecule has 0 unspecified atom stereocenters. The minimum atomic E-state index is -0.0984. The third-order valence-corrected chi connectivity index (χ3v) is 6.50. The van der Waals surface area contributed by atoms with Crippen molar-refractivity contribution in [3.63, 3.8) is 0 Å². The van der Waals surface area contributed by atoms with Gasteiger partial charge in [-0.3, -0.25) is 0 Å². The second-order valence-electron chi connectivity index (χ2n) is 8.56. The molecule has 1 aromatic carbocycles. The van der Waals surface area contributed by atoms with Gasteiger partial charge in [0.2, 0.25) is 0 Å². The molecule has 3 heterocycles. The summed E-state index contributed by atoms with van der Waals surface area (Å²) < 4.78 is 24.5. The van der Waals surface area contributed by atoms with Crippen molar-refractivity contribution in [2.45, 2.75) is 33.0 Å². The third-order valence-electron chi connectivity index (χ3n) is 6.50. The van der Waals surface area contributed by atoms with Crippen molar-refractivity contribution in [1.29, 1.82) is 0 Å². The highest BCUT2D eigenvalue weighted by Gasteiger charge is 2.25. The van der Waals surface area contributed by atoms with Gasteiger partial charge in [-0.15, -0.1) is 0 Å². The highest BCUT2D eigenvalue weighted by Crippen LogP contribution is 2.41. The molecule has 0 bridgehead atoms. The zero-order valence-electron chi connectivity index (χ0n) is 20.5. The first-order valence-electron chi connectivity index (χ1n) is 11.8. The Balaban J connectivity index is 1.87. The molecule has 0 radical (unpaired) electrons. The van der Waals surface area contributed by atoms with Crippen LogP contribution < -0.4 is 14.4 Å². The van der Waals surface area contributed by atoms with Gasteiger partial charge in [-0.2, -0.15) is 5.10 Å². The van der Waals surface area contributed by atoms with Crippen molar-refractivity contribution in [3.05, 3.63) is 41.6 Å². The van der Waals surface area contributed by atoms with E-state index in [9.17, 15) is 5.11 Å². The van der Waals surface area contributed by atoms with Crippen LogP contribution in [0.2, 0.25) is 0 Å². The number of fused-ring (bicyclic) bond motifs is 1. The number of anilines is 1. The molecule has 0 aliphatic carbocycles. The number of methoxy groups -OCH3 is 3. The number of hydrogen-bond acceptors (Lipinski definition) is 7. The standard InChI is InChI=1S/C26H35N3O5/c1-5-28(15-18-9-11-34-12-10-18)26-20(17-31-2)27-29-21(7-6-8-22(26)29)25-23(32-3)13-19(16-30)14-24(25)33-4/h6-8,13-14,18,30H,5,9-12,15-17H2,1-4H3. The topological polar surface area (TPSA) is 77.7 Å². The molecule has 0 spiro atoms. The van der Waals surface area contributed by atoms with Crippen LogP contribution in [0.15, 0.2) is 30.3 Å². The van der Waals surface area contributed by atoms with Crippen molar-refractivity contribution < 1.29 is 24.1 Å². The summed E-state index contributed by atoms with van der Waals surface area (Å²) in [6.07, 6.45) is 2.15. The highest BCUT2D eigenvalue weighted by atomic mass is 16.5. The second-order valence-corrected chi connectivity index (χ2v) is 8.56. The molecule has 0 atom stereocenters. The molecule has 1 aliphatic heterocycles. The number of benzene rings is 1. The summed E-state index contributed by atoms with van der Waals surface area (Å²) in [5, 5.41) is 14.7. The van der Waals surface area contributed by atoms with Crippen LogP contribution in [-0.2, 0) is 22.7 Å². The number of ether oxygens (including phenoxy) is 4. The minimum absolute atomic E-state index is 0.0984. The van der Waals surface area contributed by atoms with Gasteiger partial charge in [0.15, 0.2) is 0 Å². The van der Waals surface area contributed by atoms with Gasteiger partial charge in [0.1, 0.15) is 17.2 Å². The average Bonchev–Trinajstić information content (AvgIpc) is 3.25. The van der Waals surface area contributed by atoms with Crippen molar-refractivity contribution in [2.75, 3.05) is 52.5 Å². The quantitative estimate of drug-likeness (QED) is 0.482. The summed E-state index contributed by atoms with van der Waals surface area (Å²) in [5.41, 5.74) is 5.37. The molecule has 0 amide bonds. The summed E-state index contributed by atoms with van der Waals surface area (Å²) in [5.74, 6) is 1.83. The smallest absolute Gasteiger partial charge is 0.132 e. The number of aliphatic hydroxyl groups excluding tert-OH is 1. The number of aromatic nitrogens is 2. The van der Waals surface area contributed by atoms with Gasteiger partial charge in [0.05, 0.1) is 49.9 Å². The van der Waals surface area contributed by atoms with E-state index in [1.165, 1.54) is 0 Å². The van der Waals surface area contributed by atoms with E-state index in [1.54, 1.807) is 21.3 Å². The van der Waals surface area contributed by atoms with E-state index < -0.39 is 0 Å². The predicted molar refractivity (Wildman–Crippen MR) is 132 cm³/mol. The lowest BCUT2D eigenvalue weighted by atomic mass is 9.99. The lowest BCUT2D eigenvalue weighted by Crippen LogP contribution is -2.33. The summed E-state index contributed by atoms with van der Waals surface area (Å²) in [4.78, 5) is 2.42. The molecule has 1 N–H and O–H groups in total. The molecule has 8 nitrogen and oxygen atoms in total. The number of hydrogen-bond donors (Lipinski definition) is 1. The van der Waals surface area contributed by atoms with E-state index in [1.807, 2.05) is 28.8 Å². The van der Waals surface area contributed by atoms with Crippen molar-refractivity contribution in [2.24, 2.45) is 5.92 Å². The number of rotatable bonds is 10. The SMILES string of the molecule is CCN(CC1CCOCC1)c1c(COC)nn2c(-c3c(OC)cc(CO)cc3OC)cccc12. The average molecular weight is 470 g/mol. The van der Waals surface area contributed by atoms with Gasteiger partial charge >= 0.3 is 0 Å². The monoisotopic (exact) mass is 469 g/mol. The normalized spacial score (nSPS) is 14.5. The van der Waals surface area contributed by atoms with E-state index in [0.717, 1.165) is 72.9 Å². The fourth-order valence-corrected chi connectivity index (χ4v) is 4.80. The van der Waals surface area contributed by atoms with E-state index in [0.29, 0.717) is 24.0 Å². The first kappa shape index (κ1) is 24.3. The summed E-state index contributed by atoms with van der Waals surface area (Å²) >= 11 is 0. The summed E-state index contributed by atoms with van der Waals surface area (Å²) in [6, 6.07) is 9.81. The molecule has 1 fully saturated rings. The molecule has 3 aromatic rings. The van der Waals surface area contributed by atoms with Crippen molar-refractivity contribution in [3.8, 4) is 22.8 Å². The maximum absolute atomic E-state index is 9.68. The first-order chi connectivity index (χ1) is 16.6. The molecule has 184 valence electrons. The zero-order valence-corrected chi connectivity index (χ0v) is 20.5. The van der Waals surface area contributed by atoms with Gasteiger partial charge in [-0.05, 0) is 55.5 Å². The Hall–Kier alpha value is -2.81. The second kappa shape index (κ2) is 11.1. The van der Waals surface area contributed by atoms with Gasteiger partial charge in [-0.25, -0.2) is 4.52 Å². The molecule has 1 saturated heterocycles. The zero-order chi connectivity index (χ0) is 24.1. The van der Waals surface area contributed by atoms with Crippen LogP contribution in [0, 0.1) is 5.92 Å². The molecule has 1 aliphatic rings. The Morgan fingerprint density at radius 2 is 1.82 bits per heavy atom. The first-order valence-corrected chi connectivity index (χ1v) is 11.8. The van der Waals surface area contributed by atoms with Crippen LogP contribution in [0.25, 0.3) is 16.8 Å². The molecule has 34 heavy (non-hydrogen) atoms. The Morgan fingerprint density at radius 1 is 1.12 bits per heavy atom. The van der Waals surface area contributed by atoms with Gasteiger partial charge < -0.3 is 29.0 Å². The van der Waals surface area contributed by atoms with Crippen LogP contribution in [-0.4, -0.2) is 62.4 Å². The van der Waals surface area contributed by atoms with Crippen LogP contribution in [0.1, 0.15) is 31.0 Å². The largest absolute Gasteiger partial charge is 0.496 e. The lowest BCUT2D eigenvalue weighted by molar-refractivity contribution is 0.0682. The molecular formula is C26H35N3O5. The van der Waals surface area contributed by atoms with Gasteiger partial charge in [0.25, 0.3) is 0 Å². The van der Waals surface area contributed by atoms with Crippen molar-refractivity contribution in [1.82, 2.24) is 9.61 Å². The maximum Gasteiger partial charge on any atom is 0.132 e. The molecule has 8 heteroatoms. The van der Waals surface area contributed by atoms with Gasteiger partial charge in [-0.1, -0.05) is 6.07 Å². The van der Waals surface area contributed by atoms with E-state index in [2.05, 4.69) is 17.9 Å². The summed E-state index contributed by atoms with van der Waals surface area (Å²) in [7, 11) is 4.94. The molecule has 0 saturated carbocycles. The Kier molecular flexibility index (Phi) is 7.92. The Morgan fingerprint density at radius 3 is 2.41 bits per heavy atom. The van der Waals surface area contributed by atoms with Crippen LogP contribution in [0.3, 0.4) is 0 Å². The number of nitrogens with zero attached hydrogens (tertiary/aromatic N) is 3. The highest BCUT2D eigenvalue weighted by molar-refractivity contribution is 5.82. The van der Waals surface area contributed by atoms with E-state index in [4.69, 9.17) is 24.0 Å². The Labute approximate surface area is 201 Å². The number of aliphatic hydroxyl groups is 1. The molecule has 2 aromatic heterocycles. The molecular weight excluding hydrogens is 434 g/mol. The van der Waals surface area contributed by atoms with E-state index in [-0.39, 0.29) is 6.61 Å². The Bertz CT molecular complexity index is 1080. The fraction of sp³-hybridized carbons (Fsp3) is 0.500. The molecule has 4 rings (SSSR count). The fourth-order valence-electron chi connectivity index (χ4n) is 4.80. The number of pyridine rings is 1. The van der Waals surface area contributed by atoms with Crippen LogP contribution in [0.4, 0.5) is 5.69 Å².